The van der Waals surface area contributed by atoms with Gasteiger partial charge < -0.3 is 20.0 Å². The third-order valence-corrected chi connectivity index (χ3v) is 6.54. The van der Waals surface area contributed by atoms with Gasteiger partial charge in [-0.15, -0.1) is 0 Å². The van der Waals surface area contributed by atoms with Crippen molar-refractivity contribution in [1.82, 2.24) is 0 Å². The summed E-state index contributed by atoms with van der Waals surface area (Å²) >= 11 is 0. The SMILES string of the molecule is O=C1c2ccccc2CCN1c1ccccc1O.O=C1c2ccccc2CCN1c1ccccc1O. The molecule has 180 valence electrons. The highest BCUT2D eigenvalue weighted by molar-refractivity contribution is 6.09. The van der Waals surface area contributed by atoms with E-state index in [9.17, 15) is 19.8 Å². The van der Waals surface area contributed by atoms with Gasteiger partial charge in [0.2, 0.25) is 0 Å². The van der Waals surface area contributed by atoms with Crippen LogP contribution in [-0.4, -0.2) is 35.1 Å². The van der Waals surface area contributed by atoms with Crippen LogP contribution in [0.5, 0.6) is 11.5 Å². The average Bonchev–Trinajstić information content (AvgIpc) is 2.91. The summed E-state index contributed by atoms with van der Waals surface area (Å²) < 4.78 is 0. The summed E-state index contributed by atoms with van der Waals surface area (Å²) in [5.41, 5.74) is 4.77. The second kappa shape index (κ2) is 9.96. The molecule has 0 aromatic heterocycles. The first-order chi connectivity index (χ1) is 17.5. The highest BCUT2D eigenvalue weighted by atomic mass is 16.3. The molecule has 2 amide bonds. The van der Waals surface area contributed by atoms with Gasteiger partial charge in [0.1, 0.15) is 11.5 Å². The van der Waals surface area contributed by atoms with Gasteiger partial charge >= 0.3 is 0 Å². The normalized spacial score (nSPS) is 14.4. The van der Waals surface area contributed by atoms with E-state index in [0.29, 0.717) is 24.5 Å². The van der Waals surface area contributed by atoms with Gasteiger partial charge in [0.15, 0.2) is 0 Å². The lowest BCUT2D eigenvalue weighted by Crippen LogP contribution is -2.37. The van der Waals surface area contributed by atoms with Crippen molar-refractivity contribution in [2.45, 2.75) is 12.8 Å². The second-order valence-corrected chi connectivity index (χ2v) is 8.71. The summed E-state index contributed by atoms with van der Waals surface area (Å²) in [6.45, 7) is 1.21. The lowest BCUT2D eigenvalue weighted by atomic mass is 9.98. The molecule has 0 aliphatic carbocycles. The van der Waals surface area contributed by atoms with E-state index in [1.807, 2.05) is 60.7 Å². The number of fused-ring (bicyclic) bond motifs is 2. The molecule has 2 heterocycles. The van der Waals surface area contributed by atoms with Gasteiger partial charge in [-0.25, -0.2) is 0 Å². The molecule has 6 nitrogen and oxygen atoms in total. The quantitative estimate of drug-likeness (QED) is 0.416. The first-order valence-electron chi connectivity index (χ1n) is 11.9. The molecule has 36 heavy (non-hydrogen) atoms. The number of carbonyl (C=O) groups excluding carboxylic acids is 2. The van der Waals surface area contributed by atoms with Crippen LogP contribution >= 0.6 is 0 Å². The number of hydrogen-bond acceptors (Lipinski definition) is 4. The number of aromatic hydroxyl groups is 2. The molecular formula is C30H26N2O4. The Morgan fingerprint density at radius 3 is 1.28 bits per heavy atom. The standard InChI is InChI=1S/2C15H13NO2/c2*17-14-8-4-3-7-13(14)16-10-9-11-5-1-2-6-12(11)15(16)18/h2*1-8,17H,9-10H2. The number of hydrogen-bond donors (Lipinski definition) is 2. The molecule has 2 aliphatic heterocycles. The molecule has 6 heteroatoms. The van der Waals surface area contributed by atoms with Gasteiger partial charge in [0.05, 0.1) is 11.4 Å². The number of nitrogens with zero attached hydrogens (tertiary/aromatic N) is 2. The number of benzene rings is 4. The molecule has 0 radical (unpaired) electrons. The van der Waals surface area contributed by atoms with E-state index in [1.54, 1.807) is 46.2 Å². The molecule has 6 rings (SSSR count). The van der Waals surface area contributed by atoms with Crippen LogP contribution in [0, 0.1) is 0 Å². The Hall–Kier alpha value is -4.58. The van der Waals surface area contributed by atoms with Gasteiger partial charge in [-0.3, -0.25) is 9.59 Å². The van der Waals surface area contributed by atoms with Crippen molar-refractivity contribution in [2.24, 2.45) is 0 Å². The fraction of sp³-hybridized carbons (Fsp3) is 0.133. The van der Waals surface area contributed by atoms with Crippen molar-refractivity contribution < 1.29 is 19.8 Å². The van der Waals surface area contributed by atoms with Crippen molar-refractivity contribution in [3.8, 4) is 11.5 Å². The van der Waals surface area contributed by atoms with Crippen LogP contribution in [0.2, 0.25) is 0 Å². The van der Waals surface area contributed by atoms with Crippen LogP contribution in [0.25, 0.3) is 0 Å². The van der Waals surface area contributed by atoms with Crippen molar-refractivity contribution >= 4 is 23.2 Å². The molecule has 0 spiro atoms. The second-order valence-electron chi connectivity index (χ2n) is 8.71. The Morgan fingerprint density at radius 2 is 0.861 bits per heavy atom. The summed E-state index contributed by atoms with van der Waals surface area (Å²) in [5.74, 6) is 0.201. The van der Waals surface area contributed by atoms with E-state index in [-0.39, 0.29) is 23.3 Å². The number of anilines is 2. The summed E-state index contributed by atoms with van der Waals surface area (Å²) in [6, 6.07) is 29.1. The highest BCUT2D eigenvalue weighted by Crippen LogP contribution is 2.32. The van der Waals surface area contributed by atoms with Crippen LogP contribution in [0.15, 0.2) is 97.1 Å². The van der Waals surface area contributed by atoms with Gasteiger partial charge in [-0.05, 0) is 60.4 Å². The summed E-state index contributed by atoms with van der Waals surface area (Å²) in [4.78, 5) is 28.0. The minimum Gasteiger partial charge on any atom is -0.506 e. The molecule has 0 unspecified atom stereocenters. The third kappa shape index (κ3) is 4.41. The Bertz CT molecular complexity index is 1320. The van der Waals surface area contributed by atoms with Crippen LogP contribution in [0.1, 0.15) is 31.8 Å². The van der Waals surface area contributed by atoms with Crippen LogP contribution in [0.4, 0.5) is 11.4 Å². The van der Waals surface area contributed by atoms with Gasteiger partial charge in [-0.2, -0.15) is 0 Å². The number of para-hydroxylation sites is 4. The average molecular weight is 479 g/mol. The predicted molar refractivity (Wildman–Crippen MR) is 140 cm³/mol. The highest BCUT2D eigenvalue weighted by Gasteiger charge is 2.27. The maximum atomic E-state index is 12.4. The Labute approximate surface area is 209 Å². The van der Waals surface area contributed by atoms with E-state index in [4.69, 9.17) is 0 Å². The molecule has 4 aromatic rings. The zero-order chi connectivity index (χ0) is 25.1. The van der Waals surface area contributed by atoms with E-state index in [0.717, 1.165) is 35.1 Å². The molecule has 0 bridgehead atoms. The third-order valence-electron chi connectivity index (χ3n) is 6.54. The monoisotopic (exact) mass is 478 g/mol. The lowest BCUT2D eigenvalue weighted by Gasteiger charge is -2.28. The van der Waals surface area contributed by atoms with Crippen molar-refractivity contribution in [3.63, 3.8) is 0 Å². The zero-order valence-electron chi connectivity index (χ0n) is 19.7. The van der Waals surface area contributed by atoms with Gasteiger partial charge in [0, 0.05) is 24.2 Å². The van der Waals surface area contributed by atoms with Crippen LogP contribution in [0.3, 0.4) is 0 Å². The van der Waals surface area contributed by atoms with E-state index < -0.39 is 0 Å². The fourth-order valence-electron chi connectivity index (χ4n) is 4.70. The molecule has 0 atom stereocenters. The van der Waals surface area contributed by atoms with Crippen LogP contribution < -0.4 is 9.80 Å². The maximum absolute atomic E-state index is 12.4. The number of amides is 2. The number of phenolic OH excluding ortho intramolecular Hbond substituents is 2. The lowest BCUT2D eigenvalue weighted by molar-refractivity contribution is 0.0972. The largest absolute Gasteiger partial charge is 0.506 e. The molecular weight excluding hydrogens is 452 g/mol. The smallest absolute Gasteiger partial charge is 0.258 e. The molecule has 0 fully saturated rings. The van der Waals surface area contributed by atoms with Crippen molar-refractivity contribution in [1.29, 1.82) is 0 Å². The Morgan fingerprint density at radius 1 is 0.500 bits per heavy atom. The first kappa shape index (κ1) is 23.2. The Balaban J connectivity index is 0.000000148. The van der Waals surface area contributed by atoms with Crippen LogP contribution in [-0.2, 0) is 12.8 Å². The number of carbonyl (C=O) groups is 2. The molecule has 4 aromatic carbocycles. The van der Waals surface area contributed by atoms with Gasteiger partial charge in [0.25, 0.3) is 11.8 Å². The summed E-state index contributed by atoms with van der Waals surface area (Å²) in [7, 11) is 0. The van der Waals surface area contributed by atoms with Crippen molar-refractivity contribution in [2.75, 3.05) is 22.9 Å². The fourth-order valence-corrected chi connectivity index (χ4v) is 4.70. The van der Waals surface area contributed by atoms with Gasteiger partial charge in [-0.1, -0.05) is 60.7 Å². The maximum Gasteiger partial charge on any atom is 0.258 e. The summed E-state index contributed by atoms with van der Waals surface area (Å²) in [6.07, 6.45) is 1.63. The van der Waals surface area contributed by atoms with E-state index in [2.05, 4.69) is 0 Å². The summed E-state index contributed by atoms with van der Waals surface area (Å²) in [5, 5.41) is 19.7. The predicted octanol–water partition coefficient (Wildman–Crippen LogP) is 5.19. The zero-order valence-corrected chi connectivity index (χ0v) is 19.7. The van der Waals surface area contributed by atoms with E-state index in [1.165, 1.54) is 0 Å². The molecule has 0 saturated carbocycles. The van der Waals surface area contributed by atoms with Crippen molar-refractivity contribution in [3.05, 3.63) is 119 Å². The molecule has 2 aliphatic rings. The minimum atomic E-state index is -0.0432. The topological polar surface area (TPSA) is 81.1 Å². The molecule has 2 N–H and O–H groups in total. The molecule has 0 saturated heterocycles. The first-order valence-corrected chi connectivity index (χ1v) is 11.9. The minimum absolute atomic E-state index is 0.0432. The van der Waals surface area contributed by atoms with E-state index >= 15 is 0 Å². The number of rotatable bonds is 2. The number of phenols is 2. The Kier molecular flexibility index (Phi) is 6.41.